The highest BCUT2D eigenvalue weighted by atomic mass is 35.5. The second-order valence-electron chi connectivity index (χ2n) is 5.57. The average Bonchev–Trinajstić information content (AvgIpc) is 2.60. The van der Waals surface area contributed by atoms with Crippen molar-refractivity contribution in [3.63, 3.8) is 0 Å². The van der Waals surface area contributed by atoms with Gasteiger partial charge in [0.25, 0.3) is 0 Å². The van der Waals surface area contributed by atoms with Gasteiger partial charge in [0.2, 0.25) is 11.8 Å². The SMILES string of the molecule is COc1cccc(CCN(CC(=O)Nc2ccccc2Cl)C(C)=O)c1. The molecule has 2 amide bonds. The van der Waals surface area contributed by atoms with E-state index < -0.39 is 0 Å². The van der Waals surface area contributed by atoms with E-state index in [1.165, 1.54) is 11.8 Å². The molecule has 0 atom stereocenters. The van der Waals surface area contributed by atoms with Crippen LogP contribution in [0.5, 0.6) is 5.75 Å². The molecule has 0 saturated heterocycles. The maximum absolute atomic E-state index is 12.2. The van der Waals surface area contributed by atoms with Crippen LogP contribution in [0.25, 0.3) is 0 Å². The van der Waals surface area contributed by atoms with Gasteiger partial charge in [0, 0.05) is 13.5 Å². The molecule has 0 spiro atoms. The Labute approximate surface area is 152 Å². The third-order valence-electron chi connectivity index (χ3n) is 3.73. The minimum atomic E-state index is -0.283. The Morgan fingerprint density at radius 3 is 2.60 bits per heavy atom. The lowest BCUT2D eigenvalue weighted by Crippen LogP contribution is -2.38. The number of methoxy groups -OCH3 is 1. The summed E-state index contributed by atoms with van der Waals surface area (Å²) in [6.07, 6.45) is 0.635. The first-order valence-corrected chi connectivity index (χ1v) is 8.30. The van der Waals surface area contributed by atoms with Crippen molar-refractivity contribution in [3.05, 3.63) is 59.1 Å². The maximum Gasteiger partial charge on any atom is 0.244 e. The normalized spacial score (nSPS) is 10.2. The predicted octanol–water partition coefficient (Wildman–Crippen LogP) is 3.38. The van der Waals surface area contributed by atoms with Crippen molar-refractivity contribution >= 4 is 29.1 Å². The summed E-state index contributed by atoms with van der Waals surface area (Å²) in [6, 6.07) is 14.6. The molecule has 0 unspecified atom stereocenters. The molecule has 0 radical (unpaired) electrons. The zero-order valence-electron chi connectivity index (χ0n) is 14.3. The first-order chi connectivity index (χ1) is 12.0. The number of amides is 2. The Morgan fingerprint density at radius 2 is 1.92 bits per heavy atom. The molecule has 0 heterocycles. The van der Waals surface area contributed by atoms with E-state index in [9.17, 15) is 9.59 Å². The maximum atomic E-state index is 12.2. The van der Waals surface area contributed by atoms with Crippen molar-refractivity contribution in [2.45, 2.75) is 13.3 Å². The molecule has 0 aromatic heterocycles. The first-order valence-electron chi connectivity index (χ1n) is 7.92. The van der Waals surface area contributed by atoms with E-state index in [0.29, 0.717) is 23.7 Å². The number of halogens is 1. The number of carbonyl (C=O) groups excluding carboxylic acids is 2. The highest BCUT2D eigenvalue weighted by Crippen LogP contribution is 2.20. The van der Waals surface area contributed by atoms with E-state index in [1.807, 2.05) is 24.3 Å². The van der Waals surface area contributed by atoms with Crippen LogP contribution in [0.4, 0.5) is 5.69 Å². The van der Waals surface area contributed by atoms with Crippen LogP contribution in [0, 0.1) is 0 Å². The molecular formula is C19H21ClN2O3. The number of nitrogens with one attached hydrogen (secondary N) is 1. The highest BCUT2D eigenvalue weighted by molar-refractivity contribution is 6.33. The molecule has 6 heteroatoms. The molecular weight excluding hydrogens is 340 g/mol. The zero-order valence-corrected chi connectivity index (χ0v) is 15.0. The van der Waals surface area contributed by atoms with E-state index in [1.54, 1.807) is 31.4 Å². The number of anilines is 1. The summed E-state index contributed by atoms with van der Waals surface area (Å²) in [5.74, 6) is 0.328. The van der Waals surface area contributed by atoms with Gasteiger partial charge in [-0.05, 0) is 36.2 Å². The monoisotopic (exact) mass is 360 g/mol. The Kier molecular flexibility index (Phi) is 6.83. The van der Waals surface area contributed by atoms with Crippen LogP contribution in [0.2, 0.25) is 5.02 Å². The summed E-state index contributed by atoms with van der Waals surface area (Å²) in [7, 11) is 1.61. The number of carbonyl (C=O) groups is 2. The second-order valence-corrected chi connectivity index (χ2v) is 5.98. The molecule has 1 N–H and O–H groups in total. The number of ether oxygens (including phenoxy) is 1. The van der Waals surface area contributed by atoms with Gasteiger partial charge >= 0.3 is 0 Å². The molecule has 5 nitrogen and oxygen atoms in total. The lowest BCUT2D eigenvalue weighted by Gasteiger charge is -2.21. The van der Waals surface area contributed by atoms with E-state index in [2.05, 4.69) is 5.32 Å². The summed E-state index contributed by atoms with van der Waals surface area (Å²) >= 11 is 6.03. The van der Waals surface area contributed by atoms with E-state index >= 15 is 0 Å². The van der Waals surface area contributed by atoms with Gasteiger partial charge in [-0.25, -0.2) is 0 Å². The molecule has 0 bridgehead atoms. The third-order valence-corrected chi connectivity index (χ3v) is 4.06. The Bertz CT molecular complexity index is 749. The van der Waals surface area contributed by atoms with Crippen molar-refractivity contribution in [3.8, 4) is 5.75 Å². The summed E-state index contributed by atoms with van der Waals surface area (Å²) in [4.78, 5) is 25.6. The van der Waals surface area contributed by atoms with Gasteiger partial charge in [0.15, 0.2) is 0 Å². The Balaban J connectivity index is 1.95. The molecule has 0 aliphatic carbocycles. The topological polar surface area (TPSA) is 58.6 Å². The number of benzene rings is 2. The van der Waals surface area contributed by atoms with Crippen LogP contribution in [-0.2, 0) is 16.0 Å². The molecule has 0 aliphatic heterocycles. The number of para-hydroxylation sites is 1. The van der Waals surface area contributed by atoms with Gasteiger partial charge in [0.1, 0.15) is 5.75 Å². The van der Waals surface area contributed by atoms with Gasteiger partial charge < -0.3 is 15.0 Å². The third kappa shape index (κ3) is 5.80. The van der Waals surface area contributed by atoms with Crippen LogP contribution in [0.15, 0.2) is 48.5 Å². The van der Waals surface area contributed by atoms with Crippen molar-refractivity contribution < 1.29 is 14.3 Å². The van der Waals surface area contributed by atoms with E-state index in [-0.39, 0.29) is 18.4 Å². The average molecular weight is 361 g/mol. The molecule has 0 fully saturated rings. The number of hydrogen-bond acceptors (Lipinski definition) is 3. The first kappa shape index (κ1) is 18.8. The van der Waals surface area contributed by atoms with Gasteiger partial charge in [-0.3, -0.25) is 9.59 Å². The number of rotatable bonds is 7. The Hall–Kier alpha value is -2.53. The lowest BCUT2D eigenvalue weighted by atomic mass is 10.1. The van der Waals surface area contributed by atoms with Gasteiger partial charge in [-0.15, -0.1) is 0 Å². The minimum absolute atomic E-state index is 0.0233. The van der Waals surface area contributed by atoms with E-state index in [4.69, 9.17) is 16.3 Å². The summed E-state index contributed by atoms with van der Waals surface area (Å²) in [5.41, 5.74) is 1.57. The molecule has 25 heavy (non-hydrogen) atoms. The zero-order chi connectivity index (χ0) is 18.2. The summed E-state index contributed by atoms with van der Waals surface area (Å²) < 4.78 is 5.19. The molecule has 2 aromatic rings. The molecule has 132 valence electrons. The minimum Gasteiger partial charge on any atom is -0.497 e. The molecule has 2 aromatic carbocycles. The fourth-order valence-electron chi connectivity index (χ4n) is 2.37. The van der Waals surface area contributed by atoms with Crippen molar-refractivity contribution in [2.24, 2.45) is 0 Å². The van der Waals surface area contributed by atoms with Crippen LogP contribution >= 0.6 is 11.6 Å². The van der Waals surface area contributed by atoms with Crippen molar-refractivity contribution in [1.82, 2.24) is 4.90 Å². The largest absolute Gasteiger partial charge is 0.497 e. The fourth-order valence-corrected chi connectivity index (χ4v) is 2.55. The van der Waals surface area contributed by atoms with Crippen LogP contribution in [-0.4, -0.2) is 36.9 Å². The molecule has 0 aliphatic rings. The lowest BCUT2D eigenvalue weighted by molar-refractivity contribution is -0.132. The Morgan fingerprint density at radius 1 is 1.16 bits per heavy atom. The van der Waals surface area contributed by atoms with Gasteiger partial charge in [-0.2, -0.15) is 0 Å². The summed E-state index contributed by atoms with van der Waals surface area (Å²) in [5, 5.41) is 3.19. The van der Waals surface area contributed by atoms with Gasteiger partial charge in [0.05, 0.1) is 24.4 Å². The van der Waals surface area contributed by atoms with Crippen molar-refractivity contribution in [2.75, 3.05) is 25.5 Å². The van der Waals surface area contributed by atoms with E-state index in [0.717, 1.165) is 11.3 Å². The van der Waals surface area contributed by atoms with Crippen LogP contribution < -0.4 is 10.1 Å². The van der Waals surface area contributed by atoms with Crippen molar-refractivity contribution in [1.29, 1.82) is 0 Å². The van der Waals surface area contributed by atoms with Crippen LogP contribution in [0.1, 0.15) is 12.5 Å². The number of hydrogen-bond donors (Lipinski definition) is 1. The highest BCUT2D eigenvalue weighted by Gasteiger charge is 2.14. The second kappa shape index (κ2) is 9.08. The van der Waals surface area contributed by atoms with Crippen LogP contribution in [0.3, 0.4) is 0 Å². The summed E-state index contributed by atoms with van der Waals surface area (Å²) in [6.45, 7) is 1.87. The molecule has 0 saturated carbocycles. The molecule has 2 rings (SSSR count). The fraction of sp³-hybridized carbons (Fsp3) is 0.263. The predicted molar refractivity (Wildman–Crippen MR) is 99.0 cm³/mol. The number of nitrogens with zero attached hydrogens (tertiary/aromatic N) is 1. The quantitative estimate of drug-likeness (QED) is 0.823. The smallest absolute Gasteiger partial charge is 0.244 e. The van der Waals surface area contributed by atoms with Gasteiger partial charge in [-0.1, -0.05) is 35.9 Å². The standard InChI is InChI=1S/C19H21ClN2O3/c1-14(23)22(11-10-15-6-5-7-16(12-15)25-2)13-19(24)21-18-9-4-3-8-17(18)20/h3-9,12H,10-11,13H2,1-2H3,(H,21,24).